The lowest BCUT2D eigenvalue weighted by Crippen LogP contribution is -2.57. The van der Waals surface area contributed by atoms with Gasteiger partial charge in [0.2, 0.25) is 17.7 Å². The lowest BCUT2D eigenvalue weighted by atomic mass is 9.59. The molecular weight excluding hydrogens is 573 g/mol. The van der Waals surface area contributed by atoms with Crippen molar-refractivity contribution in [1.29, 1.82) is 0 Å². The molecule has 3 atom stereocenters. The minimum Gasteiger partial charge on any atom is -0.490 e. The van der Waals surface area contributed by atoms with Gasteiger partial charge in [-0.2, -0.15) is 0 Å². The van der Waals surface area contributed by atoms with Crippen molar-refractivity contribution in [2.24, 2.45) is 0 Å². The van der Waals surface area contributed by atoms with E-state index in [0.29, 0.717) is 58.5 Å². The second kappa shape index (κ2) is 11.0. The number of terminal acetylenes is 1. The van der Waals surface area contributed by atoms with Crippen molar-refractivity contribution in [1.82, 2.24) is 10.2 Å². The van der Waals surface area contributed by atoms with Gasteiger partial charge in [0.1, 0.15) is 17.3 Å². The highest BCUT2D eigenvalue weighted by Crippen LogP contribution is 2.58. The standard InChI is InChI=1S/C33H29Cl2N3O4/c1-3-20-7-10-29(42-24-11-13-38(14-12-24)19(2)39)25(15-20)31-33(26-9-8-23(35)17-28(26)36-32(33)41)27(18-30(40)37-31)21-5-4-6-22(34)16-21/h1,4-10,15-17,24,27,31H,11-14,18H2,2H3,(H,36,41)(H,37,40). The molecule has 3 heterocycles. The van der Waals surface area contributed by atoms with Crippen LogP contribution in [0.15, 0.2) is 60.7 Å². The zero-order valence-electron chi connectivity index (χ0n) is 23.0. The van der Waals surface area contributed by atoms with E-state index in [1.807, 2.05) is 30.3 Å². The minimum absolute atomic E-state index is 0.0393. The van der Waals surface area contributed by atoms with Gasteiger partial charge in [-0.3, -0.25) is 14.4 Å². The van der Waals surface area contributed by atoms with E-state index < -0.39 is 17.4 Å². The predicted octanol–water partition coefficient (Wildman–Crippen LogP) is 5.60. The van der Waals surface area contributed by atoms with E-state index in [-0.39, 0.29) is 30.2 Å². The van der Waals surface area contributed by atoms with Crippen LogP contribution in [0, 0.1) is 12.3 Å². The Bertz CT molecular complexity index is 1640. The molecule has 0 radical (unpaired) electrons. The number of hydrogen-bond acceptors (Lipinski definition) is 4. The third kappa shape index (κ3) is 4.79. The van der Waals surface area contributed by atoms with Gasteiger partial charge in [0, 0.05) is 72.1 Å². The molecule has 3 unspecified atom stereocenters. The van der Waals surface area contributed by atoms with Gasteiger partial charge in [-0.05, 0) is 53.6 Å². The summed E-state index contributed by atoms with van der Waals surface area (Å²) in [4.78, 5) is 41.5. The smallest absolute Gasteiger partial charge is 0.238 e. The van der Waals surface area contributed by atoms with Gasteiger partial charge in [-0.15, -0.1) is 6.42 Å². The van der Waals surface area contributed by atoms with E-state index in [4.69, 9.17) is 34.4 Å². The van der Waals surface area contributed by atoms with Crippen molar-refractivity contribution in [2.45, 2.75) is 49.7 Å². The Morgan fingerprint density at radius 1 is 1.05 bits per heavy atom. The number of nitrogens with one attached hydrogen (secondary N) is 2. The third-order valence-corrected chi connectivity index (χ3v) is 9.14. The van der Waals surface area contributed by atoms with Crippen LogP contribution >= 0.6 is 23.2 Å². The number of rotatable bonds is 4. The van der Waals surface area contributed by atoms with Crippen LogP contribution in [0.25, 0.3) is 0 Å². The van der Waals surface area contributed by atoms with E-state index in [2.05, 4.69) is 16.6 Å². The molecule has 214 valence electrons. The fourth-order valence-electron chi connectivity index (χ4n) is 6.71. The van der Waals surface area contributed by atoms with Crippen LogP contribution < -0.4 is 15.4 Å². The topological polar surface area (TPSA) is 87.7 Å². The number of carbonyl (C=O) groups is 3. The third-order valence-electron chi connectivity index (χ3n) is 8.67. The summed E-state index contributed by atoms with van der Waals surface area (Å²) < 4.78 is 6.58. The highest BCUT2D eigenvalue weighted by Gasteiger charge is 2.61. The van der Waals surface area contributed by atoms with Crippen molar-refractivity contribution in [3.8, 4) is 18.1 Å². The van der Waals surface area contributed by atoms with Gasteiger partial charge in [-0.25, -0.2) is 0 Å². The molecule has 7 nitrogen and oxygen atoms in total. The molecule has 3 aliphatic heterocycles. The number of amides is 3. The van der Waals surface area contributed by atoms with Crippen molar-refractivity contribution in [3.05, 3.63) is 93.0 Å². The Morgan fingerprint density at radius 3 is 2.52 bits per heavy atom. The highest BCUT2D eigenvalue weighted by molar-refractivity contribution is 6.31. The first kappa shape index (κ1) is 28.1. The molecule has 9 heteroatoms. The summed E-state index contributed by atoms with van der Waals surface area (Å²) in [5.41, 5.74) is 2.02. The summed E-state index contributed by atoms with van der Waals surface area (Å²) in [6.07, 6.45) is 7.06. The van der Waals surface area contributed by atoms with Crippen LogP contribution in [0.1, 0.15) is 60.4 Å². The van der Waals surface area contributed by atoms with E-state index in [1.165, 1.54) is 0 Å². The summed E-state index contributed by atoms with van der Waals surface area (Å²) in [7, 11) is 0. The van der Waals surface area contributed by atoms with Crippen LogP contribution in [0.4, 0.5) is 5.69 Å². The number of fused-ring (bicyclic) bond motifs is 2. The molecule has 0 saturated carbocycles. The summed E-state index contributed by atoms with van der Waals surface area (Å²) in [6, 6.07) is 17.2. The van der Waals surface area contributed by atoms with Crippen molar-refractivity contribution < 1.29 is 19.1 Å². The highest BCUT2D eigenvalue weighted by atomic mass is 35.5. The molecule has 2 saturated heterocycles. The van der Waals surface area contributed by atoms with Gasteiger partial charge in [0.05, 0.1) is 6.04 Å². The first-order chi connectivity index (χ1) is 20.2. The molecule has 2 fully saturated rings. The molecule has 3 aromatic rings. The molecule has 2 N–H and O–H groups in total. The number of halogens is 2. The zero-order valence-corrected chi connectivity index (χ0v) is 24.5. The molecule has 0 bridgehead atoms. The molecule has 1 spiro atoms. The Kier molecular flexibility index (Phi) is 7.38. The summed E-state index contributed by atoms with van der Waals surface area (Å²) in [5.74, 6) is 2.23. The molecule has 3 aromatic carbocycles. The zero-order chi connectivity index (χ0) is 29.6. The molecule has 42 heavy (non-hydrogen) atoms. The van der Waals surface area contributed by atoms with Crippen LogP contribution in [0.2, 0.25) is 10.0 Å². The maximum Gasteiger partial charge on any atom is 0.238 e. The summed E-state index contributed by atoms with van der Waals surface area (Å²) in [6.45, 7) is 2.75. The second-order valence-corrected chi connectivity index (χ2v) is 11.9. The Balaban J connectivity index is 1.52. The molecule has 3 amide bonds. The molecule has 0 aliphatic carbocycles. The number of nitrogens with zero attached hydrogens (tertiary/aromatic N) is 1. The lowest BCUT2D eigenvalue weighted by Gasteiger charge is -2.47. The van der Waals surface area contributed by atoms with E-state index in [0.717, 1.165) is 11.1 Å². The first-order valence-corrected chi connectivity index (χ1v) is 14.6. The average molecular weight is 603 g/mol. The Hall–Kier alpha value is -3.99. The number of carbonyl (C=O) groups excluding carboxylic acids is 3. The molecule has 3 aliphatic rings. The SMILES string of the molecule is C#Cc1ccc(OC2CCN(C(C)=O)CC2)c(C2NC(=O)CC(c3cccc(Cl)c3)C23C(=O)Nc2cc(Cl)ccc23)c1. The van der Waals surface area contributed by atoms with Gasteiger partial charge >= 0.3 is 0 Å². The average Bonchev–Trinajstić information content (AvgIpc) is 3.25. The molecule has 0 aromatic heterocycles. The number of ether oxygens (including phenoxy) is 1. The summed E-state index contributed by atoms with van der Waals surface area (Å²) >= 11 is 12.8. The fourth-order valence-corrected chi connectivity index (χ4v) is 7.08. The van der Waals surface area contributed by atoms with Crippen LogP contribution in [0.5, 0.6) is 5.75 Å². The monoisotopic (exact) mass is 601 g/mol. The lowest BCUT2D eigenvalue weighted by molar-refractivity contribution is -0.132. The maximum absolute atomic E-state index is 14.4. The molecular formula is C33H29Cl2N3O4. The van der Waals surface area contributed by atoms with Crippen molar-refractivity contribution in [3.63, 3.8) is 0 Å². The summed E-state index contributed by atoms with van der Waals surface area (Å²) in [5, 5.41) is 7.19. The largest absolute Gasteiger partial charge is 0.490 e. The van der Waals surface area contributed by atoms with Crippen molar-refractivity contribution in [2.75, 3.05) is 18.4 Å². The van der Waals surface area contributed by atoms with Crippen LogP contribution in [0.3, 0.4) is 0 Å². The number of likely N-dealkylation sites (tertiary alicyclic amines) is 1. The Labute approximate surface area is 254 Å². The van der Waals surface area contributed by atoms with Gasteiger partial charge in [0.15, 0.2) is 0 Å². The van der Waals surface area contributed by atoms with Gasteiger partial charge < -0.3 is 20.3 Å². The van der Waals surface area contributed by atoms with Crippen molar-refractivity contribution >= 4 is 46.6 Å². The number of hydrogen-bond donors (Lipinski definition) is 2. The van der Waals surface area contributed by atoms with E-state index >= 15 is 0 Å². The molecule has 6 rings (SSSR count). The predicted molar refractivity (Wildman–Crippen MR) is 162 cm³/mol. The maximum atomic E-state index is 14.4. The van der Waals surface area contributed by atoms with Gasteiger partial charge in [-0.1, -0.05) is 47.3 Å². The number of piperidine rings is 2. The van der Waals surface area contributed by atoms with E-state index in [1.54, 1.807) is 42.2 Å². The quantitative estimate of drug-likeness (QED) is 0.381. The van der Waals surface area contributed by atoms with Gasteiger partial charge in [0.25, 0.3) is 0 Å². The second-order valence-electron chi connectivity index (χ2n) is 11.0. The van der Waals surface area contributed by atoms with Crippen LogP contribution in [-0.2, 0) is 19.8 Å². The normalized spacial score (nSPS) is 23.6. The first-order valence-electron chi connectivity index (χ1n) is 13.9. The minimum atomic E-state index is -1.26. The Morgan fingerprint density at radius 2 is 1.81 bits per heavy atom. The fraction of sp³-hybridized carbons (Fsp3) is 0.303. The number of benzene rings is 3. The van der Waals surface area contributed by atoms with E-state index in [9.17, 15) is 14.4 Å². The number of anilines is 1. The van der Waals surface area contributed by atoms with Crippen LogP contribution in [-0.4, -0.2) is 41.8 Å².